The minimum absolute atomic E-state index is 0.0360. The Morgan fingerprint density at radius 3 is 2.53 bits per heavy atom. The smallest absolute Gasteiger partial charge is 0.391 e. The minimum atomic E-state index is -4.18. The molecule has 1 heterocycles. The number of hydrogen-bond acceptors (Lipinski definition) is 3. The summed E-state index contributed by atoms with van der Waals surface area (Å²) in [6, 6.07) is 1.79. The molecule has 1 aromatic rings. The Bertz CT molecular complexity index is 380. The molecule has 1 N–H and O–H groups in total. The lowest BCUT2D eigenvalue weighted by Gasteiger charge is -2.20. The van der Waals surface area contributed by atoms with Crippen molar-refractivity contribution in [3.63, 3.8) is 0 Å². The molecule has 19 heavy (non-hydrogen) atoms. The lowest BCUT2D eigenvalue weighted by atomic mass is 10.1. The first-order chi connectivity index (χ1) is 8.67. The summed E-state index contributed by atoms with van der Waals surface area (Å²) in [7, 11) is 0. The average Bonchev–Trinajstić information content (AvgIpc) is 2.66. The van der Waals surface area contributed by atoms with Gasteiger partial charge in [0.2, 0.25) is 0 Å². The molecule has 0 saturated heterocycles. The maximum Gasteiger partial charge on any atom is 0.391 e. The van der Waals surface area contributed by atoms with E-state index >= 15 is 0 Å². The predicted octanol–water partition coefficient (Wildman–Crippen LogP) is 3.64. The third-order valence-corrected chi connectivity index (χ3v) is 2.41. The Morgan fingerprint density at radius 2 is 1.95 bits per heavy atom. The molecule has 0 spiro atoms. The zero-order valence-electron chi connectivity index (χ0n) is 11.4. The fraction of sp³-hybridized carbons (Fsp3) is 0.692. The first-order valence-electron chi connectivity index (χ1n) is 6.12. The Balaban J connectivity index is 2.37. The summed E-state index contributed by atoms with van der Waals surface area (Å²) in [5, 5.41) is 3.28. The van der Waals surface area contributed by atoms with E-state index in [4.69, 9.17) is 9.15 Å². The molecule has 0 amide bonds. The number of halogens is 3. The summed E-state index contributed by atoms with van der Waals surface area (Å²) in [4.78, 5) is 0. The maximum absolute atomic E-state index is 11.9. The summed E-state index contributed by atoms with van der Waals surface area (Å²) in [5.74, 6) is 0.568. The van der Waals surface area contributed by atoms with E-state index in [1.165, 1.54) is 6.26 Å². The van der Waals surface area contributed by atoms with Gasteiger partial charge in [-0.3, -0.25) is 0 Å². The molecule has 0 aliphatic rings. The molecule has 0 fully saturated rings. The van der Waals surface area contributed by atoms with E-state index in [9.17, 15) is 13.2 Å². The number of rotatable bonds is 6. The third-order valence-electron chi connectivity index (χ3n) is 2.41. The van der Waals surface area contributed by atoms with E-state index in [0.717, 1.165) is 5.56 Å². The van der Waals surface area contributed by atoms with Crippen LogP contribution in [0.4, 0.5) is 13.2 Å². The van der Waals surface area contributed by atoms with Crippen LogP contribution in [-0.2, 0) is 17.9 Å². The number of furan rings is 1. The SMILES string of the molecule is CC(C)(C)NCc1ccoc1COCCC(F)(F)F. The summed E-state index contributed by atoms with van der Waals surface area (Å²) >= 11 is 0. The average molecular weight is 279 g/mol. The molecule has 110 valence electrons. The topological polar surface area (TPSA) is 34.4 Å². The van der Waals surface area contributed by atoms with Crippen LogP contribution in [0.3, 0.4) is 0 Å². The van der Waals surface area contributed by atoms with Gasteiger partial charge in [0.1, 0.15) is 12.4 Å². The Kier molecular flexibility index (Phi) is 5.43. The highest BCUT2D eigenvalue weighted by Gasteiger charge is 2.26. The molecule has 0 bridgehead atoms. The van der Waals surface area contributed by atoms with Crippen molar-refractivity contribution in [2.75, 3.05) is 6.61 Å². The fourth-order valence-electron chi connectivity index (χ4n) is 1.36. The van der Waals surface area contributed by atoms with E-state index in [0.29, 0.717) is 12.3 Å². The van der Waals surface area contributed by atoms with Gasteiger partial charge < -0.3 is 14.5 Å². The van der Waals surface area contributed by atoms with Crippen LogP contribution in [0.1, 0.15) is 38.5 Å². The molecule has 3 nitrogen and oxygen atoms in total. The largest absolute Gasteiger partial charge is 0.467 e. The standard InChI is InChI=1S/C13H20F3NO2/c1-12(2,3)17-8-10-4-6-19-11(10)9-18-7-5-13(14,15)16/h4,6,17H,5,7-9H2,1-3H3. The molecule has 1 rings (SSSR count). The Hall–Kier alpha value is -1.01. The van der Waals surface area contributed by atoms with Crippen molar-refractivity contribution in [1.29, 1.82) is 0 Å². The van der Waals surface area contributed by atoms with Crippen LogP contribution < -0.4 is 5.32 Å². The molecule has 1 aromatic heterocycles. The number of alkyl halides is 3. The van der Waals surface area contributed by atoms with Gasteiger partial charge in [-0.25, -0.2) is 0 Å². The van der Waals surface area contributed by atoms with E-state index in [1.54, 1.807) is 6.07 Å². The Morgan fingerprint density at radius 1 is 1.26 bits per heavy atom. The van der Waals surface area contributed by atoms with Gasteiger partial charge in [-0.05, 0) is 26.8 Å². The quantitative estimate of drug-likeness (QED) is 0.807. The van der Waals surface area contributed by atoms with E-state index < -0.39 is 12.6 Å². The van der Waals surface area contributed by atoms with Crippen LogP contribution in [0.25, 0.3) is 0 Å². The van der Waals surface area contributed by atoms with Crippen molar-refractivity contribution in [2.45, 2.75) is 52.1 Å². The highest BCUT2D eigenvalue weighted by Crippen LogP contribution is 2.20. The van der Waals surface area contributed by atoms with Crippen molar-refractivity contribution in [2.24, 2.45) is 0 Å². The first kappa shape index (κ1) is 16.0. The summed E-state index contributed by atoms with van der Waals surface area (Å²) in [6.07, 6.45) is -3.61. The van der Waals surface area contributed by atoms with E-state index in [-0.39, 0.29) is 18.8 Å². The van der Waals surface area contributed by atoms with Crippen LogP contribution in [-0.4, -0.2) is 18.3 Å². The van der Waals surface area contributed by atoms with Gasteiger partial charge in [0.15, 0.2) is 0 Å². The molecule has 0 aliphatic heterocycles. The van der Waals surface area contributed by atoms with Crippen molar-refractivity contribution in [3.05, 3.63) is 23.7 Å². The van der Waals surface area contributed by atoms with Crippen LogP contribution in [0.2, 0.25) is 0 Å². The van der Waals surface area contributed by atoms with E-state index in [2.05, 4.69) is 5.32 Å². The van der Waals surface area contributed by atoms with Gasteiger partial charge in [0.25, 0.3) is 0 Å². The minimum Gasteiger partial charge on any atom is -0.467 e. The third kappa shape index (κ3) is 7.22. The fourth-order valence-corrected chi connectivity index (χ4v) is 1.36. The molecule has 0 atom stereocenters. The van der Waals surface area contributed by atoms with Crippen LogP contribution in [0.5, 0.6) is 0 Å². The van der Waals surface area contributed by atoms with Gasteiger partial charge in [-0.2, -0.15) is 13.2 Å². The lowest BCUT2D eigenvalue weighted by Crippen LogP contribution is -2.35. The number of nitrogens with one attached hydrogen (secondary N) is 1. The molecular formula is C13H20F3NO2. The highest BCUT2D eigenvalue weighted by molar-refractivity contribution is 5.16. The number of hydrogen-bond donors (Lipinski definition) is 1. The molecule has 0 saturated carbocycles. The highest BCUT2D eigenvalue weighted by atomic mass is 19.4. The van der Waals surface area contributed by atoms with Gasteiger partial charge in [-0.15, -0.1) is 0 Å². The molecule has 0 unspecified atom stereocenters. The summed E-state index contributed by atoms with van der Waals surface area (Å²) in [5.41, 5.74) is 0.869. The predicted molar refractivity (Wildman–Crippen MR) is 65.6 cm³/mol. The second-order valence-corrected chi connectivity index (χ2v) is 5.39. The molecule has 6 heteroatoms. The normalized spacial score (nSPS) is 12.9. The van der Waals surface area contributed by atoms with Crippen molar-refractivity contribution >= 4 is 0 Å². The molecular weight excluding hydrogens is 259 g/mol. The van der Waals surface area contributed by atoms with Gasteiger partial charge in [0, 0.05) is 17.6 Å². The van der Waals surface area contributed by atoms with Crippen molar-refractivity contribution in [3.8, 4) is 0 Å². The van der Waals surface area contributed by atoms with Gasteiger partial charge in [-0.1, -0.05) is 0 Å². The van der Waals surface area contributed by atoms with Crippen molar-refractivity contribution in [1.82, 2.24) is 5.32 Å². The van der Waals surface area contributed by atoms with Gasteiger partial charge >= 0.3 is 6.18 Å². The molecule has 0 radical (unpaired) electrons. The molecule has 0 aromatic carbocycles. The zero-order chi connectivity index (χ0) is 14.5. The molecule has 0 aliphatic carbocycles. The number of ether oxygens (including phenoxy) is 1. The van der Waals surface area contributed by atoms with Crippen LogP contribution in [0, 0.1) is 0 Å². The summed E-state index contributed by atoms with van der Waals surface area (Å²) < 4.78 is 46.0. The Labute approximate surface area is 111 Å². The van der Waals surface area contributed by atoms with Crippen LogP contribution in [0.15, 0.2) is 16.7 Å². The second-order valence-electron chi connectivity index (χ2n) is 5.39. The van der Waals surface area contributed by atoms with Crippen molar-refractivity contribution < 1.29 is 22.3 Å². The monoisotopic (exact) mass is 279 g/mol. The van der Waals surface area contributed by atoms with E-state index in [1.807, 2.05) is 20.8 Å². The first-order valence-corrected chi connectivity index (χ1v) is 6.12. The van der Waals surface area contributed by atoms with Gasteiger partial charge in [0.05, 0.1) is 19.3 Å². The van der Waals surface area contributed by atoms with Crippen LogP contribution >= 0.6 is 0 Å². The zero-order valence-corrected chi connectivity index (χ0v) is 11.4. The lowest BCUT2D eigenvalue weighted by molar-refractivity contribution is -0.146. The summed E-state index contributed by atoms with van der Waals surface area (Å²) in [6.45, 7) is 6.41. The maximum atomic E-state index is 11.9. The second kappa shape index (κ2) is 6.43.